The molecule has 0 aliphatic rings. The number of halogens is 1. The third-order valence-electron chi connectivity index (χ3n) is 3.34. The zero-order valence-corrected chi connectivity index (χ0v) is 13.5. The van der Waals surface area contributed by atoms with Gasteiger partial charge in [-0.3, -0.25) is 9.36 Å². The lowest BCUT2D eigenvalue weighted by atomic mass is 10.2. The number of para-hydroxylation sites is 1. The Morgan fingerprint density at radius 1 is 1.14 bits per heavy atom. The minimum Gasteiger partial charge on any atom is -0.494 e. The van der Waals surface area contributed by atoms with Crippen molar-refractivity contribution in [3.63, 3.8) is 0 Å². The second-order valence-electron chi connectivity index (χ2n) is 4.92. The lowest BCUT2D eigenvalue weighted by molar-refractivity contribution is 0.301. The van der Waals surface area contributed by atoms with Crippen LogP contribution in [0.3, 0.4) is 0 Å². The van der Waals surface area contributed by atoms with E-state index in [1.54, 1.807) is 10.9 Å². The molecule has 1 heterocycles. The van der Waals surface area contributed by atoms with Gasteiger partial charge in [0.05, 0.1) is 23.8 Å². The van der Waals surface area contributed by atoms with E-state index in [1.807, 2.05) is 48.5 Å². The van der Waals surface area contributed by atoms with Crippen LogP contribution in [0.5, 0.6) is 5.75 Å². The zero-order chi connectivity index (χ0) is 15.4. The van der Waals surface area contributed by atoms with Gasteiger partial charge in [-0.25, -0.2) is 4.98 Å². The molecule has 112 valence electrons. The maximum absolute atomic E-state index is 12.4. The number of hydrogen-bond acceptors (Lipinski definition) is 3. The highest BCUT2D eigenvalue weighted by Gasteiger charge is 2.04. The number of rotatable bonds is 5. The number of ether oxygens (including phenoxy) is 1. The number of aromatic nitrogens is 2. The Hall–Kier alpha value is -2.14. The molecule has 0 bridgehead atoms. The van der Waals surface area contributed by atoms with Crippen LogP contribution in [-0.4, -0.2) is 16.2 Å². The van der Waals surface area contributed by atoms with Crippen LogP contribution in [0.1, 0.15) is 6.42 Å². The van der Waals surface area contributed by atoms with Crippen molar-refractivity contribution in [1.29, 1.82) is 0 Å². The van der Waals surface area contributed by atoms with E-state index in [4.69, 9.17) is 4.74 Å². The monoisotopic (exact) mass is 358 g/mol. The highest BCUT2D eigenvalue weighted by atomic mass is 79.9. The number of fused-ring (bicyclic) bond motifs is 1. The van der Waals surface area contributed by atoms with Gasteiger partial charge in [-0.05, 0) is 36.8 Å². The standard InChI is InChI=1S/C17H15BrN2O2/c18-13-7-8-16-15(11-13)17(21)20(12-19-16)9-4-10-22-14-5-2-1-3-6-14/h1-3,5-8,11-12H,4,9-10H2. The largest absolute Gasteiger partial charge is 0.494 e. The molecule has 0 unspecified atom stereocenters. The molecule has 0 N–H and O–H groups in total. The molecule has 0 fully saturated rings. The van der Waals surface area contributed by atoms with E-state index in [1.165, 1.54) is 0 Å². The molecule has 4 nitrogen and oxygen atoms in total. The van der Waals surface area contributed by atoms with Crippen LogP contribution in [0.15, 0.2) is 64.1 Å². The summed E-state index contributed by atoms with van der Waals surface area (Å²) in [6.45, 7) is 1.15. The quantitative estimate of drug-likeness (QED) is 0.654. The van der Waals surface area contributed by atoms with E-state index in [2.05, 4.69) is 20.9 Å². The van der Waals surface area contributed by atoms with Gasteiger partial charge in [0.2, 0.25) is 0 Å². The third-order valence-corrected chi connectivity index (χ3v) is 3.83. The van der Waals surface area contributed by atoms with Crippen molar-refractivity contribution in [3.8, 4) is 5.75 Å². The van der Waals surface area contributed by atoms with Gasteiger partial charge >= 0.3 is 0 Å². The molecular formula is C17H15BrN2O2. The Balaban J connectivity index is 1.67. The smallest absolute Gasteiger partial charge is 0.261 e. The van der Waals surface area contributed by atoms with Crippen molar-refractivity contribution >= 4 is 26.8 Å². The normalized spacial score (nSPS) is 10.8. The zero-order valence-electron chi connectivity index (χ0n) is 11.9. The van der Waals surface area contributed by atoms with E-state index in [0.717, 1.165) is 16.6 Å². The van der Waals surface area contributed by atoms with Gasteiger partial charge in [-0.2, -0.15) is 0 Å². The molecule has 0 radical (unpaired) electrons. The van der Waals surface area contributed by atoms with Crippen molar-refractivity contribution < 1.29 is 4.74 Å². The molecule has 0 amide bonds. The van der Waals surface area contributed by atoms with Crippen molar-refractivity contribution in [3.05, 3.63) is 69.7 Å². The minimum atomic E-state index is -0.0222. The van der Waals surface area contributed by atoms with E-state index in [9.17, 15) is 4.79 Å². The number of nitrogens with zero attached hydrogens (tertiary/aromatic N) is 2. The molecule has 2 aromatic carbocycles. The number of hydrogen-bond donors (Lipinski definition) is 0. The number of benzene rings is 2. The van der Waals surface area contributed by atoms with Gasteiger partial charge in [0, 0.05) is 11.0 Å². The van der Waals surface area contributed by atoms with E-state index in [-0.39, 0.29) is 5.56 Å². The topological polar surface area (TPSA) is 44.1 Å². The van der Waals surface area contributed by atoms with Gasteiger partial charge in [0.15, 0.2) is 0 Å². The molecule has 22 heavy (non-hydrogen) atoms. The molecular weight excluding hydrogens is 344 g/mol. The van der Waals surface area contributed by atoms with Crippen molar-refractivity contribution in [2.45, 2.75) is 13.0 Å². The van der Waals surface area contributed by atoms with Gasteiger partial charge < -0.3 is 4.74 Å². The maximum Gasteiger partial charge on any atom is 0.261 e. The Kier molecular flexibility index (Phi) is 4.53. The first-order chi connectivity index (χ1) is 10.7. The maximum atomic E-state index is 12.4. The first-order valence-electron chi connectivity index (χ1n) is 7.06. The Morgan fingerprint density at radius 3 is 2.77 bits per heavy atom. The van der Waals surface area contributed by atoms with Crippen LogP contribution in [0, 0.1) is 0 Å². The van der Waals surface area contributed by atoms with Gasteiger partial charge in [-0.1, -0.05) is 34.1 Å². The fourth-order valence-electron chi connectivity index (χ4n) is 2.23. The van der Waals surface area contributed by atoms with Crippen LogP contribution < -0.4 is 10.3 Å². The third kappa shape index (κ3) is 3.36. The predicted octanol–water partition coefficient (Wildman–Crippen LogP) is 3.63. The summed E-state index contributed by atoms with van der Waals surface area (Å²) in [6.07, 6.45) is 2.34. The SMILES string of the molecule is O=c1c2cc(Br)ccc2ncn1CCCOc1ccccc1. The Morgan fingerprint density at radius 2 is 1.95 bits per heavy atom. The van der Waals surface area contributed by atoms with Crippen LogP contribution in [0.2, 0.25) is 0 Å². The highest BCUT2D eigenvalue weighted by molar-refractivity contribution is 9.10. The molecule has 3 aromatic rings. The summed E-state index contributed by atoms with van der Waals surface area (Å²) in [5.41, 5.74) is 0.691. The van der Waals surface area contributed by atoms with Crippen molar-refractivity contribution in [1.82, 2.24) is 9.55 Å². The summed E-state index contributed by atoms with van der Waals surface area (Å²) >= 11 is 3.38. The second-order valence-corrected chi connectivity index (χ2v) is 5.84. The Bertz CT molecular complexity index is 831. The Labute approximate surface area is 136 Å². The van der Waals surface area contributed by atoms with E-state index < -0.39 is 0 Å². The highest BCUT2D eigenvalue weighted by Crippen LogP contribution is 2.15. The average Bonchev–Trinajstić information content (AvgIpc) is 2.55. The molecule has 3 rings (SSSR count). The summed E-state index contributed by atoms with van der Waals surface area (Å²) in [6, 6.07) is 15.2. The average molecular weight is 359 g/mol. The van der Waals surface area contributed by atoms with Crippen LogP contribution in [0.4, 0.5) is 0 Å². The summed E-state index contributed by atoms with van der Waals surface area (Å²) in [5, 5.41) is 0.626. The molecule has 0 atom stereocenters. The molecule has 0 aliphatic heterocycles. The molecule has 0 aliphatic carbocycles. The second kappa shape index (κ2) is 6.75. The van der Waals surface area contributed by atoms with Crippen molar-refractivity contribution in [2.75, 3.05) is 6.61 Å². The summed E-state index contributed by atoms with van der Waals surface area (Å²) in [4.78, 5) is 16.7. The van der Waals surface area contributed by atoms with E-state index >= 15 is 0 Å². The summed E-state index contributed by atoms with van der Waals surface area (Å²) < 4.78 is 8.14. The fraction of sp³-hybridized carbons (Fsp3) is 0.176. The van der Waals surface area contributed by atoms with E-state index in [0.29, 0.717) is 24.1 Å². The minimum absolute atomic E-state index is 0.0222. The molecule has 5 heteroatoms. The molecule has 0 saturated carbocycles. The lowest BCUT2D eigenvalue weighted by Gasteiger charge is -2.08. The first-order valence-corrected chi connectivity index (χ1v) is 7.86. The van der Waals surface area contributed by atoms with Crippen LogP contribution in [0.25, 0.3) is 10.9 Å². The summed E-state index contributed by atoms with van der Waals surface area (Å²) in [5.74, 6) is 0.843. The lowest BCUT2D eigenvalue weighted by Crippen LogP contribution is -2.21. The fourth-order valence-corrected chi connectivity index (χ4v) is 2.59. The first kappa shape index (κ1) is 14.8. The molecule has 0 spiro atoms. The molecule has 1 aromatic heterocycles. The predicted molar refractivity (Wildman–Crippen MR) is 90.3 cm³/mol. The molecule has 0 saturated heterocycles. The number of aryl methyl sites for hydroxylation is 1. The van der Waals surface area contributed by atoms with Crippen molar-refractivity contribution in [2.24, 2.45) is 0 Å². The van der Waals surface area contributed by atoms with Crippen LogP contribution in [-0.2, 0) is 6.54 Å². The van der Waals surface area contributed by atoms with Gasteiger partial charge in [-0.15, -0.1) is 0 Å². The van der Waals surface area contributed by atoms with Gasteiger partial charge in [0.1, 0.15) is 5.75 Å². The van der Waals surface area contributed by atoms with Gasteiger partial charge in [0.25, 0.3) is 5.56 Å². The summed E-state index contributed by atoms with van der Waals surface area (Å²) in [7, 11) is 0. The van der Waals surface area contributed by atoms with Crippen LogP contribution >= 0.6 is 15.9 Å².